The van der Waals surface area contributed by atoms with Gasteiger partial charge in [0.1, 0.15) is 0 Å². The molecule has 0 bridgehead atoms. The highest BCUT2D eigenvalue weighted by atomic mass is 16.5. The van der Waals surface area contributed by atoms with Crippen LogP contribution in [0.25, 0.3) is 0 Å². The van der Waals surface area contributed by atoms with E-state index < -0.39 is 5.97 Å². The Kier molecular flexibility index (Phi) is 3.85. The largest absolute Gasteiger partial charge is 0.478 e. The molecule has 2 rings (SSSR count). The highest BCUT2D eigenvalue weighted by molar-refractivity contribution is 5.97. The number of nitrogens with one attached hydrogen (secondary N) is 1. The van der Waals surface area contributed by atoms with Crippen LogP contribution in [-0.4, -0.2) is 29.7 Å². The minimum Gasteiger partial charge on any atom is -0.478 e. The number of hydrogen-bond donors (Lipinski definition) is 2. The molecule has 1 aromatic rings. The quantitative estimate of drug-likeness (QED) is 0.852. The van der Waals surface area contributed by atoms with E-state index in [0.717, 1.165) is 6.42 Å². The highest BCUT2D eigenvalue weighted by Gasteiger charge is 2.43. The standard InChI is InChI=1S/C14H17NO4/c1-3-19-12-7-11(12)13(16)15-9-5-4-8(2)10(6-9)14(17)18/h4-6,11-12H,3,7H2,1-2H3,(H,15,16)(H,17,18). The van der Waals surface area contributed by atoms with Crippen LogP contribution in [0.1, 0.15) is 29.3 Å². The molecule has 1 fully saturated rings. The monoisotopic (exact) mass is 263 g/mol. The molecule has 2 atom stereocenters. The third-order valence-electron chi connectivity index (χ3n) is 3.18. The Balaban J connectivity index is 2.02. The number of ether oxygens (including phenoxy) is 1. The molecular weight excluding hydrogens is 246 g/mol. The lowest BCUT2D eigenvalue weighted by atomic mass is 10.1. The molecule has 1 aliphatic carbocycles. The molecule has 0 aliphatic heterocycles. The van der Waals surface area contributed by atoms with Gasteiger partial charge in [-0.3, -0.25) is 4.79 Å². The molecule has 2 N–H and O–H groups in total. The molecule has 1 amide bonds. The van der Waals surface area contributed by atoms with Gasteiger partial charge in [0.05, 0.1) is 17.6 Å². The van der Waals surface area contributed by atoms with Crippen molar-refractivity contribution in [3.63, 3.8) is 0 Å². The Bertz CT molecular complexity index is 512. The number of carbonyl (C=O) groups is 2. The second-order valence-electron chi connectivity index (χ2n) is 4.66. The average molecular weight is 263 g/mol. The Morgan fingerprint density at radius 2 is 2.21 bits per heavy atom. The van der Waals surface area contributed by atoms with E-state index in [2.05, 4.69) is 5.32 Å². The second kappa shape index (κ2) is 5.40. The van der Waals surface area contributed by atoms with Gasteiger partial charge in [-0.15, -0.1) is 0 Å². The molecule has 0 aromatic heterocycles. The van der Waals surface area contributed by atoms with E-state index in [1.54, 1.807) is 19.1 Å². The second-order valence-corrected chi connectivity index (χ2v) is 4.66. The molecule has 1 aliphatic rings. The van der Waals surface area contributed by atoms with Crippen molar-refractivity contribution in [2.45, 2.75) is 26.4 Å². The van der Waals surface area contributed by atoms with Gasteiger partial charge in [-0.2, -0.15) is 0 Å². The van der Waals surface area contributed by atoms with Gasteiger partial charge < -0.3 is 15.2 Å². The molecule has 0 heterocycles. The molecule has 5 nitrogen and oxygen atoms in total. The van der Waals surface area contributed by atoms with E-state index in [-0.39, 0.29) is 23.5 Å². The summed E-state index contributed by atoms with van der Waals surface area (Å²) in [5.74, 6) is -1.22. The van der Waals surface area contributed by atoms with Gasteiger partial charge in [0, 0.05) is 12.3 Å². The van der Waals surface area contributed by atoms with Crippen molar-refractivity contribution in [1.29, 1.82) is 0 Å². The maximum Gasteiger partial charge on any atom is 0.336 e. The predicted molar refractivity (Wildman–Crippen MR) is 70.3 cm³/mol. The molecule has 19 heavy (non-hydrogen) atoms. The summed E-state index contributed by atoms with van der Waals surface area (Å²) in [4.78, 5) is 22.9. The van der Waals surface area contributed by atoms with E-state index in [1.807, 2.05) is 6.92 Å². The minimum atomic E-state index is -0.993. The van der Waals surface area contributed by atoms with Gasteiger partial charge in [0.15, 0.2) is 0 Å². The zero-order chi connectivity index (χ0) is 14.0. The smallest absolute Gasteiger partial charge is 0.336 e. The fourth-order valence-electron chi connectivity index (χ4n) is 2.01. The van der Waals surface area contributed by atoms with Gasteiger partial charge in [0.2, 0.25) is 5.91 Å². The molecule has 1 saturated carbocycles. The molecule has 102 valence electrons. The molecule has 2 unspecified atom stereocenters. The number of anilines is 1. The first-order valence-corrected chi connectivity index (χ1v) is 6.29. The van der Waals surface area contributed by atoms with Gasteiger partial charge in [-0.05, 0) is 38.0 Å². The number of aromatic carboxylic acids is 1. The van der Waals surface area contributed by atoms with Crippen LogP contribution in [0.5, 0.6) is 0 Å². The number of hydrogen-bond acceptors (Lipinski definition) is 3. The maximum absolute atomic E-state index is 11.9. The maximum atomic E-state index is 11.9. The van der Waals surface area contributed by atoms with Crippen molar-refractivity contribution >= 4 is 17.6 Å². The van der Waals surface area contributed by atoms with E-state index in [1.165, 1.54) is 6.07 Å². The lowest BCUT2D eigenvalue weighted by molar-refractivity contribution is -0.118. The summed E-state index contributed by atoms with van der Waals surface area (Å²) in [6, 6.07) is 4.87. The summed E-state index contributed by atoms with van der Waals surface area (Å²) in [6.45, 7) is 4.22. The Morgan fingerprint density at radius 1 is 1.47 bits per heavy atom. The number of amides is 1. The SMILES string of the molecule is CCOC1CC1C(=O)Nc1ccc(C)c(C(=O)O)c1. The number of benzene rings is 1. The van der Waals surface area contributed by atoms with Crippen LogP contribution < -0.4 is 5.32 Å². The molecule has 0 spiro atoms. The van der Waals surface area contributed by atoms with Crippen molar-refractivity contribution in [1.82, 2.24) is 0 Å². The van der Waals surface area contributed by atoms with Gasteiger partial charge in [0.25, 0.3) is 0 Å². The number of carboxylic acids is 1. The number of carboxylic acid groups (broad SMARTS) is 1. The van der Waals surface area contributed by atoms with E-state index >= 15 is 0 Å². The van der Waals surface area contributed by atoms with Crippen LogP contribution in [0.2, 0.25) is 0 Å². The third kappa shape index (κ3) is 3.12. The Hall–Kier alpha value is -1.88. The molecule has 0 radical (unpaired) electrons. The summed E-state index contributed by atoms with van der Waals surface area (Å²) in [5, 5.41) is 11.8. The number of carbonyl (C=O) groups excluding carboxylic acids is 1. The summed E-state index contributed by atoms with van der Waals surface area (Å²) in [6.07, 6.45) is 0.742. The zero-order valence-corrected chi connectivity index (χ0v) is 11.0. The Labute approximate surface area is 111 Å². The predicted octanol–water partition coefficient (Wildman–Crippen LogP) is 2.06. The van der Waals surface area contributed by atoms with Gasteiger partial charge >= 0.3 is 5.97 Å². The fraction of sp³-hybridized carbons (Fsp3) is 0.429. The summed E-state index contributed by atoms with van der Waals surface area (Å²) >= 11 is 0. The van der Waals surface area contributed by atoms with E-state index in [4.69, 9.17) is 9.84 Å². The first-order chi connectivity index (χ1) is 9.02. The van der Waals surface area contributed by atoms with E-state index in [0.29, 0.717) is 17.9 Å². The first kappa shape index (κ1) is 13.5. The lowest BCUT2D eigenvalue weighted by Crippen LogP contribution is -2.17. The Morgan fingerprint density at radius 3 is 2.84 bits per heavy atom. The van der Waals surface area contributed by atoms with Gasteiger partial charge in [-0.25, -0.2) is 4.79 Å². The van der Waals surface area contributed by atoms with Crippen LogP contribution in [0.3, 0.4) is 0 Å². The van der Waals surface area contributed by atoms with Crippen molar-refractivity contribution < 1.29 is 19.4 Å². The average Bonchev–Trinajstić information content (AvgIpc) is 3.11. The lowest BCUT2D eigenvalue weighted by Gasteiger charge is -2.07. The third-order valence-corrected chi connectivity index (χ3v) is 3.18. The number of rotatable bonds is 5. The summed E-state index contributed by atoms with van der Waals surface area (Å²) in [7, 11) is 0. The molecule has 5 heteroatoms. The van der Waals surface area contributed by atoms with Crippen LogP contribution >= 0.6 is 0 Å². The highest BCUT2D eigenvalue weighted by Crippen LogP contribution is 2.34. The molecular formula is C14H17NO4. The molecule has 0 saturated heterocycles. The van der Waals surface area contributed by atoms with Crippen LogP contribution in [-0.2, 0) is 9.53 Å². The number of aryl methyl sites for hydroxylation is 1. The van der Waals surface area contributed by atoms with Crippen molar-refractivity contribution in [2.75, 3.05) is 11.9 Å². The fourth-order valence-corrected chi connectivity index (χ4v) is 2.01. The summed E-state index contributed by atoms with van der Waals surface area (Å²) in [5.41, 5.74) is 1.38. The zero-order valence-electron chi connectivity index (χ0n) is 11.0. The summed E-state index contributed by atoms with van der Waals surface area (Å²) < 4.78 is 5.35. The topological polar surface area (TPSA) is 75.6 Å². The van der Waals surface area contributed by atoms with Crippen LogP contribution in [0.4, 0.5) is 5.69 Å². The minimum absolute atomic E-state index is 0.00870. The normalized spacial score (nSPS) is 20.9. The van der Waals surface area contributed by atoms with Crippen molar-refractivity contribution in [3.05, 3.63) is 29.3 Å². The van der Waals surface area contributed by atoms with Crippen LogP contribution in [0.15, 0.2) is 18.2 Å². The first-order valence-electron chi connectivity index (χ1n) is 6.29. The van der Waals surface area contributed by atoms with Crippen LogP contribution in [0, 0.1) is 12.8 Å². The van der Waals surface area contributed by atoms with E-state index in [9.17, 15) is 9.59 Å². The molecule has 1 aromatic carbocycles. The van der Waals surface area contributed by atoms with Crippen molar-refractivity contribution in [3.8, 4) is 0 Å². The van der Waals surface area contributed by atoms with Gasteiger partial charge in [-0.1, -0.05) is 6.07 Å². The van der Waals surface area contributed by atoms with Crippen molar-refractivity contribution in [2.24, 2.45) is 5.92 Å².